The third-order valence-corrected chi connectivity index (χ3v) is 3.38. The highest BCUT2D eigenvalue weighted by atomic mass is 79.9. The molecule has 1 aromatic carbocycles. The molecule has 2 N–H and O–H groups in total. The highest BCUT2D eigenvalue weighted by Gasteiger charge is 2.18. The number of anilines is 1. The first kappa shape index (κ1) is 12.6. The summed E-state index contributed by atoms with van der Waals surface area (Å²) in [4.78, 5) is 0. The van der Waals surface area contributed by atoms with Gasteiger partial charge in [0.25, 0.3) is 0 Å². The number of hydrogen-bond acceptors (Lipinski definition) is 3. The van der Waals surface area contributed by atoms with Crippen molar-refractivity contribution in [3.8, 4) is 11.3 Å². The van der Waals surface area contributed by atoms with Gasteiger partial charge in [-0.05, 0) is 24.1 Å². The van der Waals surface area contributed by atoms with Gasteiger partial charge in [0, 0.05) is 20.1 Å². The number of halogens is 2. The maximum Gasteiger partial charge on any atom is 0.226 e. The fourth-order valence-corrected chi connectivity index (χ4v) is 3.06. The Morgan fingerprint density at radius 1 is 1.18 bits per heavy atom. The van der Waals surface area contributed by atoms with Gasteiger partial charge in [0.15, 0.2) is 0 Å². The quantitative estimate of drug-likeness (QED) is 0.854. The second-order valence-electron chi connectivity index (χ2n) is 4.12. The van der Waals surface area contributed by atoms with Crippen molar-refractivity contribution in [3.05, 3.63) is 32.7 Å². The minimum Gasteiger partial charge on any atom is -0.367 e. The maximum atomic E-state index is 5.80. The summed E-state index contributed by atoms with van der Waals surface area (Å²) in [7, 11) is 0. The normalized spacial score (nSPS) is 11.1. The van der Waals surface area contributed by atoms with Gasteiger partial charge in [0.2, 0.25) is 5.88 Å². The number of nitrogens with two attached hydrogens (primary N) is 1. The first-order chi connectivity index (χ1) is 7.99. The van der Waals surface area contributed by atoms with Crippen LogP contribution in [0.2, 0.25) is 0 Å². The Balaban J connectivity index is 2.60. The largest absolute Gasteiger partial charge is 0.367 e. The van der Waals surface area contributed by atoms with Crippen molar-refractivity contribution in [1.29, 1.82) is 0 Å². The lowest BCUT2D eigenvalue weighted by Crippen LogP contribution is -1.94. The molecule has 0 aliphatic carbocycles. The van der Waals surface area contributed by atoms with E-state index in [1.165, 1.54) is 0 Å². The molecule has 0 radical (unpaired) electrons. The SMILES string of the molecule is CC(C)c1c(-c2cc(Br)cc(Br)c2)noc1N. The molecule has 0 aliphatic rings. The highest BCUT2D eigenvalue weighted by Crippen LogP contribution is 2.35. The molecule has 0 spiro atoms. The molecule has 2 rings (SSSR count). The van der Waals surface area contributed by atoms with Crippen molar-refractivity contribution < 1.29 is 4.52 Å². The monoisotopic (exact) mass is 358 g/mol. The summed E-state index contributed by atoms with van der Waals surface area (Å²) in [5.74, 6) is 0.667. The van der Waals surface area contributed by atoms with Gasteiger partial charge in [0.1, 0.15) is 5.69 Å². The summed E-state index contributed by atoms with van der Waals surface area (Å²) in [6.07, 6.45) is 0. The van der Waals surface area contributed by atoms with Gasteiger partial charge < -0.3 is 10.3 Å². The van der Waals surface area contributed by atoms with E-state index in [1.54, 1.807) is 0 Å². The Morgan fingerprint density at radius 2 is 1.76 bits per heavy atom. The lowest BCUT2D eigenvalue weighted by Gasteiger charge is -2.06. The van der Waals surface area contributed by atoms with E-state index in [4.69, 9.17) is 10.3 Å². The van der Waals surface area contributed by atoms with Gasteiger partial charge in [-0.2, -0.15) is 0 Å². The molecule has 0 atom stereocenters. The smallest absolute Gasteiger partial charge is 0.226 e. The molecule has 0 saturated heterocycles. The summed E-state index contributed by atoms with van der Waals surface area (Å²) in [6.45, 7) is 4.14. The second kappa shape index (κ2) is 4.82. The zero-order valence-electron chi connectivity index (χ0n) is 9.50. The van der Waals surface area contributed by atoms with Crippen LogP contribution in [0.1, 0.15) is 25.3 Å². The van der Waals surface area contributed by atoms with Crippen LogP contribution in [0.4, 0.5) is 5.88 Å². The van der Waals surface area contributed by atoms with E-state index in [0.717, 1.165) is 25.8 Å². The standard InChI is InChI=1S/C12H12Br2N2O/c1-6(2)10-11(16-17-12(10)15)7-3-8(13)5-9(14)4-7/h3-6H,15H2,1-2H3. The zero-order valence-corrected chi connectivity index (χ0v) is 12.7. The Labute approximate surface area is 117 Å². The summed E-state index contributed by atoms with van der Waals surface area (Å²) >= 11 is 6.92. The molecule has 0 saturated carbocycles. The fourth-order valence-electron chi connectivity index (χ4n) is 1.77. The van der Waals surface area contributed by atoms with Crippen LogP contribution in [0.5, 0.6) is 0 Å². The van der Waals surface area contributed by atoms with Gasteiger partial charge in [-0.25, -0.2) is 0 Å². The third-order valence-electron chi connectivity index (χ3n) is 2.47. The van der Waals surface area contributed by atoms with Crippen molar-refractivity contribution >= 4 is 37.7 Å². The van der Waals surface area contributed by atoms with Gasteiger partial charge in [-0.3, -0.25) is 0 Å². The molecule has 1 aromatic heterocycles. The number of aromatic nitrogens is 1. The molecule has 17 heavy (non-hydrogen) atoms. The molecule has 90 valence electrons. The van der Waals surface area contributed by atoms with Crippen LogP contribution < -0.4 is 5.73 Å². The van der Waals surface area contributed by atoms with Crippen LogP contribution in [-0.4, -0.2) is 5.16 Å². The lowest BCUT2D eigenvalue weighted by atomic mass is 9.99. The van der Waals surface area contributed by atoms with E-state index < -0.39 is 0 Å². The number of benzene rings is 1. The van der Waals surface area contributed by atoms with E-state index in [2.05, 4.69) is 50.9 Å². The summed E-state index contributed by atoms with van der Waals surface area (Å²) < 4.78 is 7.06. The molecule has 0 amide bonds. The van der Waals surface area contributed by atoms with E-state index in [1.807, 2.05) is 18.2 Å². The number of nitrogen functional groups attached to an aromatic ring is 1. The van der Waals surface area contributed by atoms with Crippen LogP contribution >= 0.6 is 31.9 Å². The Morgan fingerprint density at radius 3 is 2.29 bits per heavy atom. The predicted octanol–water partition coefficient (Wildman–Crippen LogP) is 4.57. The molecule has 0 fully saturated rings. The average molecular weight is 360 g/mol. The lowest BCUT2D eigenvalue weighted by molar-refractivity contribution is 0.438. The van der Waals surface area contributed by atoms with Crippen molar-refractivity contribution in [2.24, 2.45) is 0 Å². The van der Waals surface area contributed by atoms with Gasteiger partial charge in [-0.1, -0.05) is 50.9 Å². The van der Waals surface area contributed by atoms with E-state index in [9.17, 15) is 0 Å². The molecule has 5 heteroatoms. The summed E-state index contributed by atoms with van der Waals surface area (Å²) in [5.41, 5.74) is 8.54. The van der Waals surface area contributed by atoms with Crippen LogP contribution in [0.3, 0.4) is 0 Å². The molecule has 2 aromatic rings. The maximum absolute atomic E-state index is 5.80. The predicted molar refractivity (Wildman–Crippen MR) is 75.8 cm³/mol. The molecular weight excluding hydrogens is 348 g/mol. The van der Waals surface area contributed by atoms with Crippen LogP contribution in [0.25, 0.3) is 11.3 Å². The van der Waals surface area contributed by atoms with Crippen LogP contribution in [0, 0.1) is 0 Å². The average Bonchev–Trinajstić information content (AvgIpc) is 2.58. The topological polar surface area (TPSA) is 52.0 Å². The summed E-state index contributed by atoms with van der Waals surface area (Å²) in [5, 5.41) is 4.05. The molecule has 0 bridgehead atoms. The number of rotatable bonds is 2. The third kappa shape index (κ3) is 2.55. The first-order valence-electron chi connectivity index (χ1n) is 5.20. The Bertz CT molecular complexity index is 529. The van der Waals surface area contributed by atoms with Crippen LogP contribution in [-0.2, 0) is 0 Å². The van der Waals surface area contributed by atoms with Gasteiger partial charge >= 0.3 is 0 Å². The molecule has 1 heterocycles. The molecule has 0 aliphatic heterocycles. The molecule has 0 unspecified atom stereocenters. The van der Waals surface area contributed by atoms with Gasteiger partial charge in [-0.15, -0.1) is 0 Å². The zero-order chi connectivity index (χ0) is 12.6. The van der Waals surface area contributed by atoms with Crippen molar-refractivity contribution in [2.45, 2.75) is 19.8 Å². The number of nitrogens with zero attached hydrogens (tertiary/aromatic N) is 1. The van der Waals surface area contributed by atoms with E-state index >= 15 is 0 Å². The van der Waals surface area contributed by atoms with Gasteiger partial charge in [0.05, 0.1) is 0 Å². The number of hydrogen-bond donors (Lipinski definition) is 1. The minimum atomic E-state index is 0.272. The van der Waals surface area contributed by atoms with Crippen molar-refractivity contribution in [3.63, 3.8) is 0 Å². The second-order valence-corrected chi connectivity index (χ2v) is 5.95. The Kier molecular flexibility index (Phi) is 3.58. The molecule has 3 nitrogen and oxygen atoms in total. The first-order valence-corrected chi connectivity index (χ1v) is 6.79. The summed E-state index contributed by atoms with van der Waals surface area (Å²) in [6, 6.07) is 5.96. The van der Waals surface area contributed by atoms with E-state index in [-0.39, 0.29) is 5.92 Å². The van der Waals surface area contributed by atoms with Crippen molar-refractivity contribution in [1.82, 2.24) is 5.16 Å². The highest BCUT2D eigenvalue weighted by molar-refractivity contribution is 9.11. The fraction of sp³-hybridized carbons (Fsp3) is 0.250. The Hall–Kier alpha value is -0.810. The minimum absolute atomic E-state index is 0.272. The van der Waals surface area contributed by atoms with Crippen LogP contribution in [0.15, 0.2) is 31.7 Å². The van der Waals surface area contributed by atoms with E-state index in [0.29, 0.717) is 5.88 Å². The molecular formula is C12H12Br2N2O. The van der Waals surface area contributed by atoms with Crippen molar-refractivity contribution in [2.75, 3.05) is 5.73 Å².